The van der Waals surface area contributed by atoms with Crippen molar-refractivity contribution in [3.8, 4) is 0 Å². The van der Waals surface area contributed by atoms with Gasteiger partial charge in [0.1, 0.15) is 5.78 Å². The minimum Gasteiger partial charge on any atom is -0.299 e. The van der Waals surface area contributed by atoms with Gasteiger partial charge in [-0.2, -0.15) is 0 Å². The zero-order chi connectivity index (χ0) is 16.9. The standard InChI is InChI=1S/C22H38O/c1-4-5-6-7-8-12-15-20-17-18-22(23)21(20)16-13-10-9-11-14-19(2)3/h9,11,14,20-21H,4-8,10,12-13,15-18H2,1-3H3/t20-,21+/m0/s1. The van der Waals surface area contributed by atoms with E-state index in [1.165, 1.54) is 50.5 Å². The molecule has 0 aliphatic heterocycles. The van der Waals surface area contributed by atoms with Gasteiger partial charge in [0.15, 0.2) is 0 Å². The smallest absolute Gasteiger partial charge is 0.136 e. The third kappa shape index (κ3) is 9.13. The molecule has 0 aromatic carbocycles. The van der Waals surface area contributed by atoms with Crippen LogP contribution in [-0.2, 0) is 4.79 Å². The molecule has 0 aromatic heterocycles. The Labute approximate surface area is 144 Å². The Morgan fingerprint density at radius 1 is 1.04 bits per heavy atom. The lowest BCUT2D eigenvalue weighted by atomic mass is 9.86. The van der Waals surface area contributed by atoms with Gasteiger partial charge >= 0.3 is 0 Å². The molecule has 1 nitrogen and oxygen atoms in total. The molecule has 0 radical (unpaired) electrons. The van der Waals surface area contributed by atoms with Gasteiger partial charge in [-0.25, -0.2) is 0 Å². The average Bonchev–Trinajstić information content (AvgIpc) is 2.86. The summed E-state index contributed by atoms with van der Waals surface area (Å²) in [5.74, 6) is 1.62. The first-order chi connectivity index (χ1) is 11.1. The first kappa shape index (κ1) is 20.2. The maximum absolute atomic E-state index is 12.1. The quantitative estimate of drug-likeness (QED) is 0.279. The highest BCUT2D eigenvalue weighted by Crippen LogP contribution is 2.36. The molecule has 0 spiro atoms. The summed E-state index contributed by atoms with van der Waals surface area (Å²) in [7, 11) is 0. The molecule has 0 heterocycles. The Bertz CT molecular complexity index is 373. The molecule has 0 N–H and O–H groups in total. The zero-order valence-corrected chi connectivity index (χ0v) is 15.8. The lowest BCUT2D eigenvalue weighted by Crippen LogP contribution is -2.14. The molecule has 1 saturated carbocycles. The van der Waals surface area contributed by atoms with Crippen molar-refractivity contribution in [3.05, 3.63) is 23.8 Å². The van der Waals surface area contributed by atoms with Crippen LogP contribution in [0.15, 0.2) is 23.8 Å². The van der Waals surface area contributed by atoms with Crippen LogP contribution in [0.2, 0.25) is 0 Å². The molecule has 0 bridgehead atoms. The Balaban J connectivity index is 2.19. The Kier molecular flexibility index (Phi) is 11.0. The molecule has 1 aliphatic rings. The summed E-state index contributed by atoms with van der Waals surface area (Å²) in [5.41, 5.74) is 1.34. The van der Waals surface area contributed by atoms with Crippen molar-refractivity contribution < 1.29 is 4.79 Å². The number of hydrogen-bond acceptors (Lipinski definition) is 1. The summed E-state index contributed by atoms with van der Waals surface area (Å²) in [6.07, 6.45) is 21.4. The molecule has 0 aromatic rings. The van der Waals surface area contributed by atoms with Crippen molar-refractivity contribution in [1.29, 1.82) is 0 Å². The predicted molar refractivity (Wildman–Crippen MR) is 102 cm³/mol. The van der Waals surface area contributed by atoms with Crippen LogP contribution in [0.25, 0.3) is 0 Å². The van der Waals surface area contributed by atoms with Crippen LogP contribution in [0.5, 0.6) is 0 Å². The molecule has 1 aliphatic carbocycles. The number of Topliss-reactive ketones (excluding diaryl/α,β-unsaturated/α-hetero) is 1. The van der Waals surface area contributed by atoms with Crippen LogP contribution in [0.1, 0.15) is 97.8 Å². The largest absolute Gasteiger partial charge is 0.299 e. The van der Waals surface area contributed by atoms with Gasteiger partial charge in [0.05, 0.1) is 0 Å². The molecular formula is C22H38O. The Hall–Kier alpha value is -0.850. The third-order valence-corrected chi connectivity index (χ3v) is 5.12. The van der Waals surface area contributed by atoms with Gasteiger partial charge in [0.25, 0.3) is 0 Å². The van der Waals surface area contributed by atoms with Gasteiger partial charge in [-0.15, -0.1) is 0 Å². The second kappa shape index (κ2) is 12.6. The third-order valence-electron chi connectivity index (χ3n) is 5.12. The summed E-state index contributed by atoms with van der Waals surface area (Å²) in [6.45, 7) is 6.51. The van der Waals surface area contributed by atoms with Crippen molar-refractivity contribution in [2.45, 2.75) is 97.8 Å². The van der Waals surface area contributed by atoms with Crippen LogP contribution >= 0.6 is 0 Å². The van der Waals surface area contributed by atoms with Crippen molar-refractivity contribution in [1.82, 2.24) is 0 Å². The monoisotopic (exact) mass is 318 g/mol. The van der Waals surface area contributed by atoms with Crippen LogP contribution in [-0.4, -0.2) is 5.78 Å². The highest BCUT2D eigenvalue weighted by atomic mass is 16.1. The van der Waals surface area contributed by atoms with Crippen LogP contribution in [0.4, 0.5) is 0 Å². The fourth-order valence-electron chi connectivity index (χ4n) is 3.72. The summed E-state index contributed by atoms with van der Waals surface area (Å²) < 4.78 is 0. The molecule has 1 heteroatoms. The first-order valence-corrected chi connectivity index (χ1v) is 9.98. The summed E-state index contributed by atoms with van der Waals surface area (Å²) in [5, 5.41) is 0. The predicted octanol–water partition coefficient (Wildman–Crippen LogP) is 7.03. The van der Waals surface area contributed by atoms with Crippen molar-refractivity contribution in [2.24, 2.45) is 11.8 Å². The lowest BCUT2D eigenvalue weighted by molar-refractivity contribution is -0.121. The molecule has 1 rings (SSSR count). The number of rotatable bonds is 12. The summed E-state index contributed by atoms with van der Waals surface area (Å²) >= 11 is 0. The highest BCUT2D eigenvalue weighted by Gasteiger charge is 2.33. The molecule has 0 unspecified atom stereocenters. The van der Waals surface area contributed by atoms with Crippen LogP contribution in [0.3, 0.4) is 0 Å². The first-order valence-electron chi connectivity index (χ1n) is 9.98. The maximum atomic E-state index is 12.1. The van der Waals surface area contributed by atoms with Gasteiger partial charge in [-0.3, -0.25) is 4.79 Å². The summed E-state index contributed by atoms with van der Waals surface area (Å²) in [6, 6.07) is 0. The zero-order valence-electron chi connectivity index (χ0n) is 15.8. The van der Waals surface area contributed by atoms with E-state index in [-0.39, 0.29) is 0 Å². The fourth-order valence-corrected chi connectivity index (χ4v) is 3.72. The lowest BCUT2D eigenvalue weighted by Gasteiger charge is -2.18. The van der Waals surface area contributed by atoms with E-state index < -0.39 is 0 Å². The highest BCUT2D eigenvalue weighted by molar-refractivity contribution is 5.83. The minimum atomic E-state index is 0.377. The van der Waals surface area contributed by atoms with E-state index in [1.807, 2.05) is 0 Å². The number of unbranched alkanes of at least 4 members (excludes halogenated alkanes) is 6. The number of carbonyl (C=O) groups excluding carboxylic acids is 1. The van der Waals surface area contributed by atoms with Gasteiger partial charge in [-0.1, -0.05) is 69.2 Å². The minimum absolute atomic E-state index is 0.377. The maximum Gasteiger partial charge on any atom is 0.136 e. The molecule has 0 amide bonds. The van der Waals surface area contributed by atoms with Gasteiger partial charge in [0, 0.05) is 12.3 Å². The molecule has 2 atom stereocenters. The van der Waals surface area contributed by atoms with Crippen LogP contribution < -0.4 is 0 Å². The molecule has 1 fully saturated rings. The van der Waals surface area contributed by atoms with E-state index in [2.05, 4.69) is 39.0 Å². The summed E-state index contributed by atoms with van der Waals surface area (Å²) in [4.78, 5) is 12.1. The van der Waals surface area contributed by atoms with E-state index in [1.54, 1.807) is 0 Å². The Morgan fingerprint density at radius 2 is 1.78 bits per heavy atom. The van der Waals surface area contributed by atoms with Gasteiger partial charge < -0.3 is 0 Å². The SMILES string of the molecule is CCCCCCCC[C@H]1CCC(=O)[C@@H]1CCCC=CC=C(C)C. The number of allylic oxidation sites excluding steroid dienone is 4. The van der Waals surface area contributed by atoms with E-state index in [0.717, 1.165) is 32.1 Å². The Morgan fingerprint density at radius 3 is 2.52 bits per heavy atom. The number of carbonyl (C=O) groups is 1. The van der Waals surface area contributed by atoms with Crippen molar-refractivity contribution in [3.63, 3.8) is 0 Å². The molecule has 23 heavy (non-hydrogen) atoms. The van der Waals surface area contributed by atoms with E-state index in [9.17, 15) is 4.79 Å². The topological polar surface area (TPSA) is 17.1 Å². The van der Waals surface area contributed by atoms with Gasteiger partial charge in [-0.05, 0) is 51.9 Å². The second-order valence-electron chi connectivity index (χ2n) is 7.53. The number of hydrogen-bond donors (Lipinski definition) is 0. The van der Waals surface area contributed by atoms with Crippen LogP contribution in [0, 0.1) is 11.8 Å². The van der Waals surface area contributed by atoms with E-state index >= 15 is 0 Å². The normalized spacial score (nSPS) is 21.3. The second-order valence-corrected chi connectivity index (χ2v) is 7.53. The number of ketones is 1. The van der Waals surface area contributed by atoms with E-state index in [4.69, 9.17) is 0 Å². The molecular weight excluding hydrogens is 280 g/mol. The van der Waals surface area contributed by atoms with Crippen molar-refractivity contribution >= 4 is 5.78 Å². The van der Waals surface area contributed by atoms with Crippen molar-refractivity contribution in [2.75, 3.05) is 0 Å². The average molecular weight is 319 g/mol. The molecule has 0 saturated heterocycles. The van der Waals surface area contributed by atoms with Gasteiger partial charge in [0.2, 0.25) is 0 Å². The fraction of sp³-hybridized carbons (Fsp3) is 0.773. The van der Waals surface area contributed by atoms with E-state index in [0.29, 0.717) is 17.6 Å². The molecule has 132 valence electrons.